The molecule has 0 saturated heterocycles. The molecule has 0 aromatic heterocycles. The number of aliphatic hydroxyl groups is 1. The van der Waals surface area contributed by atoms with Crippen molar-refractivity contribution in [1.82, 2.24) is 5.32 Å². The van der Waals surface area contributed by atoms with Crippen molar-refractivity contribution in [3.05, 3.63) is 0 Å². The Balaban J connectivity index is 2.18. The second-order valence-electron chi connectivity index (χ2n) is 3.20. The minimum atomic E-state index is -0.143. The van der Waals surface area contributed by atoms with Gasteiger partial charge in [0.25, 0.3) is 0 Å². The maximum atomic E-state index is 9.49. The van der Waals surface area contributed by atoms with Crippen LogP contribution >= 0.6 is 0 Å². The van der Waals surface area contributed by atoms with Crippen LogP contribution in [0.4, 0.5) is 0 Å². The van der Waals surface area contributed by atoms with Crippen LogP contribution in [0.2, 0.25) is 0 Å². The predicted octanol–water partition coefficient (Wildman–Crippen LogP) is -0.162. The van der Waals surface area contributed by atoms with E-state index in [4.69, 9.17) is 5.73 Å². The van der Waals surface area contributed by atoms with Gasteiger partial charge in [0.2, 0.25) is 0 Å². The molecule has 66 valence electrons. The summed E-state index contributed by atoms with van der Waals surface area (Å²) in [6.45, 7) is 1.48. The van der Waals surface area contributed by atoms with E-state index >= 15 is 0 Å². The van der Waals surface area contributed by atoms with Gasteiger partial charge in [-0.3, -0.25) is 0 Å². The maximum Gasteiger partial charge on any atom is 0.0693 e. The van der Waals surface area contributed by atoms with Crippen molar-refractivity contribution in [2.45, 2.75) is 37.8 Å². The van der Waals surface area contributed by atoms with Gasteiger partial charge in [0.1, 0.15) is 0 Å². The molecule has 1 fully saturated rings. The number of nitrogens with one attached hydrogen (secondary N) is 1. The van der Waals surface area contributed by atoms with Crippen molar-refractivity contribution in [3.63, 3.8) is 0 Å². The second-order valence-corrected chi connectivity index (χ2v) is 3.20. The van der Waals surface area contributed by atoms with Crippen LogP contribution in [0.1, 0.15) is 25.7 Å². The van der Waals surface area contributed by atoms with E-state index in [0.717, 1.165) is 19.4 Å². The highest BCUT2D eigenvalue weighted by atomic mass is 16.3. The molecule has 1 rings (SSSR count). The topological polar surface area (TPSA) is 58.3 Å². The smallest absolute Gasteiger partial charge is 0.0693 e. The van der Waals surface area contributed by atoms with Gasteiger partial charge >= 0.3 is 0 Å². The van der Waals surface area contributed by atoms with Crippen molar-refractivity contribution in [2.75, 3.05) is 13.1 Å². The summed E-state index contributed by atoms with van der Waals surface area (Å²) in [5.41, 5.74) is 5.35. The summed E-state index contributed by atoms with van der Waals surface area (Å²) in [6.07, 6.45) is 4.31. The lowest BCUT2D eigenvalue weighted by Gasteiger charge is -2.28. The van der Waals surface area contributed by atoms with Gasteiger partial charge in [-0.05, 0) is 12.8 Å². The third-order valence-corrected chi connectivity index (χ3v) is 2.28. The molecule has 0 bridgehead atoms. The van der Waals surface area contributed by atoms with Gasteiger partial charge in [0.15, 0.2) is 0 Å². The Morgan fingerprint density at radius 1 is 1.36 bits per heavy atom. The molecule has 3 heteroatoms. The molecular formula is C8H18N2O. The van der Waals surface area contributed by atoms with E-state index in [9.17, 15) is 5.11 Å². The quantitative estimate of drug-likeness (QED) is 0.535. The maximum absolute atomic E-state index is 9.49. The van der Waals surface area contributed by atoms with Crippen molar-refractivity contribution in [3.8, 4) is 0 Å². The second kappa shape index (κ2) is 4.70. The third-order valence-electron chi connectivity index (χ3n) is 2.28. The zero-order valence-corrected chi connectivity index (χ0v) is 6.92. The molecule has 0 aliphatic heterocycles. The van der Waals surface area contributed by atoms with Crippen molar-refractivity contribution in [2.24, 2.45) is 5.73 Å². The fourth-order valence-electron chi connectivity index (χ4n) is 1.62. The van der Waals surface area contributed by atoms with Crippen molar-refractivity contribution < 1.29 is 5.11 Å². The Morgan fingerprint density at radius 3 is 2.73 bits per heavy atom. The van der Waals surface area contributed by atoms with Crippen LogP contribution in [0.3, 0.4) is 0 Å². The van der Waals surface area contributed by atoms with Gasteiger partial charge in [-0.2, -0.15) is 0 Å². The SMILES string of the molecule is NCCN[C@H]1CCCC[C@H]1O. The molecular weight excluding hydrogens is 140 g/mol. The van der Waals surface area contributed by atoms with Crippen LogP contribution in [0.5, 0.6) is 0 Å². The molecule has 0 amide bonds. The standard InChI is InChI=1S/C8H18N2O/c9-5-6-10-7-3-1-2-4-8(7)11/h7-8,10-11H,1-6,9H2/t7-,8+/m0/s1. The van der Waals surface area contributed by atoms with Crippen LogP contribution < -0.4 is 11.1 Å². The van der Waals surface area contributed by atoms with Crippen LogP contribution in [0, 0.1) is 0 Å². The Labute approximate surface area is 68.0 Å². The fraction of sp³-hybridized carbons (Fsp3) is 1.00. The highest BCUT2D eigenvalue weighted by molar-refractivity contribution is 4.79. The molecule has 2 atom stereocenters. The van der Waals surface area contributed by atoms with E-state index < -0.39 is 0 Å². The lowest BCUT2D eigenvalue weighted by Crippen LogP contribution is -2.43. The lowest BCUT2D eigenvalue weighted by molar-refractivity contribution is 0.0917. The summed E-state index contributed by atoms with van der Waals surface area (Å²) in [4.78, 5) is 0. The molecule has 3 nitrogen and oxygen atoms in total. The zero-order chi connectivity index (χ0) is 8.10. The summed E-state index contributed by atoms with van der Waals surface area (Å²) in [7, 11) is 0. The molecule has 0 radical (unpaired) electrons. The molecule has 0 heterocycles. The van der Waals surface area contributed by atoms with E-state index in [1.54, 1.807) is 0 Å². The fourth-order valence-corrected chi connectivity index (χ4v) is 1.62. The van der Waals surface area contributed by atoms with Crippen LogP contribution in [0.25, 0.3) is 0 Å². The van der Waals surface area contributed by atoms with Crippen LogP contribution in [0.15, 0.2) is 0 Å². The lowest BCUT2D eigenvalue weighted by atomic mass is 9.93. The van der Waals surface area contributed by atoms with Gasteiger partial charge in [-0.1, -0.05) is 12.8 Å². The summed E-state index contributed by atoms with van der Waals surface area (Å²) in [5, 5.41) is 12.7. The number of aliphatic hydroxyl groups excluding tert-OH is 1. The first-order valence-corrected chi connectivity index (χ1v) is 4.46. The Bertz CT molecular complexity index is 108. The van der Waals surface area contributed by atoms with E-state index in [-0.39, 0.29) is 6.10 Å². The molecule has 1 aliphatic rings. The first-order chi connectivity index (χ1) is 5.34. The van der Waals surface area contributed by atoms with E-state index in [1.165, 1.54) is 12.8 Å². The number of rotatable bonds is 3. The van der Waals surface area contributed by atoms with Crippen molar-refractivity contribution in [1.29, 1.82) is 0 Å². The number of hydrogen-bond donors (Lipinski definition) is 3. The zero-order valence-electron chi connectivity index (χ0n) is 6.92. The largest absolute Gasteiger partial charge is 0.392 e. The summed E-state index contributed by atoms with van der Waals surface area (Å²) >= 11 is 0. The molecule has 0 unspecified atom stereocenters. The highest BCUT2D eigenvalue weighted by Crippen LogP contribution is 2.17. The Kier molecular flexibility index (Phi) is 3.83. The highest BCUT2D eigenvalue weighted by Gasteiger charge is 2.21. The summed E-state index contributed by atoms with van der Waals surface area (Å²) in [6, 6.07) is 0.298. The van der Waals surface area contributed by atoms with E-state index in [2.05, 4.69) is 5.32 Å². The monoisotopic (exact) mass is 158 g/mol. The minimum absolute atomic E-state index is 0.143. The molecule has 0 spiro atoms. The van der Waals surface area contributed by atoms with Crippen LogP contribution in [-0.2, 0) is 0 Å². The van der Waals surface area contributed by atoms with Crippen LogP contribution in [-0.4, -0.2) is 30.3 Å². The predicted molar refractivity (Wildman–Crippen MR) is 45.3 cm³/mol. The van der Waals surface area contributed by atoms with E-state index in [0.29, 0.717) is 12.6 Å². The van der Waals surface area contributed by atoms with Gasteiger partial charge < -0.3 is 16.2 Å². The Morgan fingerprint density at radius 2 is 2.09 bits per heavy atom. The average Bonchev–Trinajstić information content (AvgIpc) is 2.03. The number of nitrogens with two attached hydrogens (primary N) is 1. The van der Waals surface area contributed by atoms with Gasteiger partial charge in [-0.15, -0.1) is 0 Å². The molecule has 1 aliphatic carbocycles. The van der Waals surface area contributed by atoms with Gasteiger partial charge in [-0.25, -0.2) is 0 Å². The number of hydrogen-bond acceptors (Lipinski definition) is 3. The molecule has 0 aromatic carbocycles. The summed E-state index contributed by atoms with van der Waals surface area (Å²) in [5.74, 6) is 0. The third kappa shape index (κ3) is 2.77. The molecule has 1 saturated carbocycles. The van der Waals surface area contributed by atoms with Gasteiger partial charge in [0, 0.05) is 19.1 Å². The first-order valence-electron chi connectivity index (χ1n) is 4.46. The Hall–Kier alpha value is -0.120. The van der Waals surface area contributed by atoms with Crippen molar-refractivity contribution >= 4 is 0 Å². The minimum Gasteiger partial charge on any atom is -0.392 e. The molecule has 11 heavy (non-hydrogen) atoms. The first kappa shape index (κ1) is 8.97. The molecule has 4 N–H and O–H groups in total. The van der Waals surface area contributed by atoms with E-state index in [1.807, 2.05) is 0 Å². The molecule has 0 aromatic rings. The summed E-state index contributed by atoms with van der Waals surface area (Å²) < 4.78 is 0. The normalized spacial score (nSPS) is 32.2. The van der Waals surface area contributed by atoms with Gasteiger partial charge in [0.05, 0.1) is 6.10 Å². The average molecular weight is 158 g/mol.